The van der Waals surface area contributed by atoms with Crippen molar-refractivity contribution in [1.29, 1.82) is 0 Å². The molecule has 1 aliphatic heterocycles. The summed E-state index contributed by atoms with van der Waals surface area (Å²) in [5.74, 6) is -3.18. The van der Waals surface area contributed by atoms with Crippen LogP contribution in [0, 0.1) is 28.6 Å². The van der Waals surface area contributed by atoms with Crippen LogP contribution in [-0.4, -0.2) is 44.6 Å². The Balaban J connectivity index is 1.78. The van der Waals surface area contributed by atoms with Crippen molar-refractivity contribution in [3.8, 4) is 0 Å². The monoisotopic (exact) mass is 346 g/mol. The summed E-state index contributed by atoms with van der Waals surface area (Å²) in [5, 5.41) is 31.6. The maximum Gasteiger partial charge on any atom is 0.316 e. The minimum Gasteiger partial charge on any atom is -0.481 e. The number of aliphatic hydroxyl groups excluding tert-OH is 1. The molecule has 5 rings (SSSR count). The third-order valence-electron chi connectivity index (χ3n) is 8.12. The van der Waals surface area contributed by atoms with E-state index in [2.05, 4.69) is 6.58 Å². The molecule has 4 bridgehead atoms. The second-order valence-electron chi connectivity index (χ2n) is 8.94. The first-order valence-corrected chi connectivity index (χ1v) is 8.86. The van der Waals surface area contributed by atoms with Gasteiger partial charge in [-0.1, -0.05) is 12.7 Å². The molecule has 134 valence electrons. The molecule has 6 nitrogen and oxygen atoms in total. The van der Waals surface area contributed by atoms with Crippen molar-refractivity contribution in [2.24, 2.45) is 28.6 Å². The van der Waals surface area contributed by atoms with E-state index in [0.29, 0.717) is 31.3 Å². The first-order chi connectivity index (χ1) is 11.6. The van der Waals surface area contributed by atoms with Gasteiger partial charge < -0.3 is 20.1 Å². The van der Waals surface area contributed by atoms with Crippen LogP contribution in [0.1, 0.15) is 32.6 Å². The molecule has 0 aromatic heterocycles. The van der Waals surface area contributed by atoms with E-state index in [0.717, 1.165) is 0 Å². The van der Waals surface area contributed by atoms with E-state index in [1.54, 1.807) is 19.1 Å². The zero-order valence-electron chi connectivity index (χ0n) is 14.1. The second kappa shape index (κ2) is 4.01. The van der Waals surface area contributed by atoms with Gasteiger partial charge >= 0.3 is 11.9 Å². The molecule has 5 aliphatic rings. The predicted octanol–water partition coefficient (Wildman–Crippen LogP) is 1.03. The Morgan fingerprint density at radius 2 is 2.16 bits per heavy atom. The van der Waals surface area contributed by atoms with Crippen molar-refractivity contribution < 1.29 is 29.6 Å². The maximum atomic E-state index is 12.7. The molecular formula is C19H22O6. The van der Waals surface area contributed by atoms with Crippen LogP contribution >= 0.6 is 0 Å². The minimum atomic E-state index is -1.27. The van der Waals surface area contributed by atoms with Gasteiger partial charge in [0, 0.05) is 11.8 Å². The van der Waals surface area contributed by atoms with Gasteiger partial charge in [0.15, 0.2) is 0 Å². The van der Waals surface area contributed by atoms with Gasteiger partial charge in [0.1, 0.15) is 11.0 Å². The van der Waals surface area contributed by atoms with Crippen LogP contribution in [-0.2, 0) is 14.3 Å². The third-order valence-corrected chi connectivity index (χ3v) is 8.12. The van der Waals surface area contributed by atoms with E-state index in [4.69, 9.17) is 4.74 Å². The van der Waals surface area contributed by atoms with Crippen LogP contribution < -0.4 is 0 Å². The third kappa shape index (κ3) is 1.36. The number of ether oxygens (including phenoxy) is 1. The molecule has 0 radical (unpaired) electrons. The predicted molar refractivity (Wildman–Crippen MR) is 85.2 cm³/mol. The SMILES string of the molecule is C=C1C[C@@]23C[C@@]1(O)CC[C@@H]2[C@@]12C=C[C@H](O)[C@](C)(C(=O)O1)[C@H]2[C@@H]3C(=O)O. The van der Waals surface area contributed by atoms with Crippen LogP contribution in [0.4, 0.5) is 0 Å². The molecule has 0 unspecified atom stereocenters. The molecule has 4 aliphatic carbocycles. The Labute approximate surface area is 145 Å². The summed E-state index contributed by atoms with van der Waals surface area (Å²) in [6.45, 7) is 5.64. The normalized spacial score (nSPS) is 58.0. The number of aliphatic hydroxyl groups is 2. The molecule has 3 N–H and O–H groups in total. The smallest absolute Gasteiger partial charge is 0.316 e. The van der Waals surface area contributed by atoms with Gasteiger partial charge in [0.25, 0.3) is 0 Å². The number of esters is 1. The van der Waals surface area contributed by atoms with Gasteiger partial charge in [-0.3, -0.25) is 9.59 Å². The summed E-state index contributed by atoms with van der Waals surface area (Å²) < 4.78 is 5.87. The lowest BCUT2D eigenvalue weighted by molar-refractivity contribution is -0.163. The van der Waals surface area contributed by atoms with Crippen molar-refractivity contribution in [3.05, 3.63) is 24.3 Å². The zero-order valence-corrected chi connectivity index (χ0v) is 14.1. The van der Waals surface area contributed by atoms with E-state index < -0.39 is 51.9 Å². The largest absolute Gasteiger partial charge is 0.481 e. The van der Waals surface area contributed by atoms with Crippen molar-refractivity contribution in [2.45, 2.75) is 49.9 Å². The van der Waals surface area contributed by atoms with Crippen LogP contribution in [0.25, 0.3) is 0 Å². The number of carboxylic acid groups (broad SMARTS) is 1. The lowest BCUT2D eigenvalue weighted by Crippen LogP contribution is -2.50. The Hall–Kier alpha value is -1.66. The molecule has 25 heavy (non-hydrogen) atoms. The fraction of sp³-hybridized carbons (Fsp3) is 0.684. The van der Waals surface area contributed by atoms with Gasteiger partial charge in [-0.25, -0.2) is 0 Å². The number of hydrogen-bond acceptors (Lipinski definition) is 5. The Morgan fingerprint density at radius 3 is 2.84 bits per heavy atom. The summed E-state index contributed by atoms with van der Waals surface area (Å²) >= 11 is 0. The summed E-state index contributed by atoms with van der Waals surface area (Å²) in [6.07, 6.45) is 4.11. The quantitative estimate of drug-likeness (QED) is 0.484. The van der Waals surface area contributed by atoms with Crippen LogP contribution in [0.2, 0.25) is 0 Å². The molecule has 0 amide bonds. The van der Waals surface area contributed by atoms with E-state index in [-0.39, 0.29) is 5.92 Å². The Kier molecular flexibility index (Phi) is 2.50. The number of hydrogen-bond donors (Lipinski definition) is 3. The van der Waals surface area contributed by atoms with E-state index in [1.165, 1.54) is 0 Å². The van der Waals surface area contributed by atoms with E-state index in [1.807, 2.05) is 0 Å². The lowest BCUT2D eigenvalue weighted by Gasteiger charge is -2.44. The average molecular weight is 346 g/mol. The Morgan fingerprint density at radius 1 is 1.44 bits per heavy atom. The van der Waals surface area contributed by atoms with Gasteiger partial charge in [-0.15, -0.1) is 0 Å². The van der Waals surface area contributed by atoms with Crippen LogP contribution in [0.3, 0.4) is 0 Å². The molecule has 1 saturated heterocycles. The molecular weight excluding hydrogens is 324 g/mol. The molecule has 3 saturated carbocycles. The van der Waals surface area contributed by atoms with Crippen molar-refractivity contribution in [3.63, 3.8) is 0 Å². The number of rotatable bonds is 1. The van der Waals surface area contributed by atoms with E-state index >= 15 is 0 Å². The van der Waals surface area contributed by atoms with Crippen molar-refractivity contribution in [1.82, 2.24) is 0 Å². The number of carbonyl (C=O) groups excluding carboxylic acids is 1. The van der Waals surface area contributed by atoms with E-state index in [9.17, 15) is 24.9 Å². The van der Waals surface area contributed by atoms with Crippen LogP contribution in [0.15, 0.2) is 24.3 Å². The molecule has 1 spiro atoms. The molecule has 6 heteroatoms. The molecule has 0 aromatic carbocycles. The number of carboxylic acids is 1. The number of aliphatic carboxylic acids is 1. The highest BCUT2D eigenvalue weighted by Gasteiger charge is 2.83. The molecule has 1 heterocycles. The first-order valence-electron chi connectivity index (χ1n) is 8.86. The van der Waals surface area contributed by atoms with Gasteiger partial charge in [0.2, 0.25) is 0 Å². The fourth-order valence-electron chi connectivity index (χ4n) is 7.13. The maximum absolute atomic E-state index is 12.7. The topological polar surface area (TPSA) is 104 Å². The lowest BCUT2D eigenvalue weighted by atomic mass is 9.61. The van der Waals surface area contributed by atoms with Gasteiger partial charge in [-0.2, -0.15) is 0 Å². The van der Waals surface area contributed by atoms with Crippen molar-refractivity contribution >= 4 is 11.9 Å². The van der Waals surface area contributed by atoms with Crippen LogP contribution in [0.5, 0.6) is 0 Å². The van der Waals surface area contributed by atoms with Crippen molar-refractivity contribution in [2.75, 3.05) is 0 Å². The summed E-state index contributed by atoms with van der Waals surface area (Å²) in [6, 6.07) is 0. The first kappa shape index (κ1) is 15.6. The second-order valence-corrected chi connectivity index (χ2v) is 8.94. The zero-order chi connectivity index (χ0) is 18.0. The molecule has 8 atom stereocenters. The minimum absolute atomic E-state index is 0.180. The fourth-order valence-corrected chi connectivity index (χ4v) is 7.13. The summed E-state index contributed by atoms with van der Waals surface area (Å²) in [7, 11) is 0. The molecule has 4 fully saturated rings. The highest BCUT2D eigenvalue weighted by atomic mass is 16.6. The van der Waals surface area contributed by atoms with Gasteiger partial charge in [0.05, 0.1) is 17.6 Å². The Bertz CT molecular complexity index is 772. The summed E-state index contributed by atoms with van der Waals surface area (Å²) in [5.41, 5.74) is -3.29. The van der Waals surface area contributed by atoms with Gasteiger partial charge in [-0.05, 0) is 49.7 Å². The number of fused-ring (bicyclic) bond motifs is 1. The highest BCUT2D eigenvalue weighted by molar-refractivity contribution is 5.86. The number of carbonyl (C=O) groups is 2. The summed E-state index contributed by atoms with van der Waals surface area (Å²) in [4.78, 5) is 25.1. The molecule has 0 aromatic rings. The standard InChI is InChI=1S/C19H22O6/c1-9-7-17-8-18(9,24)5-3-10(17)19-6-4-11(20)16(2,15(23)25-19)13(19)12(17)14(21)22/h4,6,10-13,20,24H,1,3,5,7-8H2,2H3,(H,21,22)/t10-,11-,12+,13+,16-,17+,18-,19+/m0/s1. The highest BCUT2D eigenvalue weighted by Crippen LogP contribution is 2.77. The average Bonchev–Trinajstić information content (AvgIpc) is 2.95.